The highest BCUT2D eigenvalue weighted by Crippen LogP contribution is 2.18. The summed E-state index contributed by atoms with van der Waals surface area (Å²) in [5, 5.41) is 12.5. The molecule has 3 unspecified atom stereocenters. The molecule has 2 aliphatic rings. The number of hydrogen-bond acceptors (Lipinski definition) is 4. The Labute approximate surface area is 115 Å². The second kappa shape index (κ2) is 6.68. The maximum atomic E-state index is 12.2. The van der Waals surface area contributed by atoms with Crippen LogP contribution < -0.4 is 5.32 Å². The zero-order valence-electron chi connectivity index (χ0n) is 12.1. The second-order valence-corrected chi connectivity index (χ2v) is 6.03. The van der Waals surface area contributed by atoms with Gasteiger partial charge in [-0.05, 0) is 39.3 Å². The molecule has 3 atom stereocenters. The fourth-order valence-corrected chi connectivity index (χ4v) is 3.13. The summed E-state index contributed by atoms with van der Waals surface area (Å²) in [5.41, 5.74) is 0. The Morgan fingerprint density at radius 3 is 2.89 bits per heavy atom. The van der Waals surface area contributed by atoms with Crippen molar-refractivity contribution in [2.24, 2.45) is 0 Å². The molecule has 110 valence electrons. The van der Waals surface area contributed by atoms with Crippen molar-refractivity contribution in [3.05, 3.63) is 0 Å². The molecule has 2 heterocycles. The van der Waals surface area contributed by atoms with Crippen molar-refractivity contribution in [2.75, 3.05) is 33.7 Å². The molecule has 0 aromatic rings. The van der Waals surface area contributed by atoms with Gasteiger partial charge in [-0.1, -0.05) is 6.42 Å². The smallest absolute Gasteiger partial charge is 0.239 e. The molecule has 5 nitrogen and oxygen atoms in total. The van der Waals surface area contributed by atoms with Crippen molar-refractivity contribution in [2.45, 2.75) is 50.3 Å². The van der Waals surface area contributed by atoms with Crippen LogP contribution in [0.15, 0.2) is 0 Å². The largest absolute Gasteiger partial charge is 0.392 e. The number of amides is 1. The van der Waals surface area contributed by atoms with Crippen molar-refractivity contribution in [1.29, 1.82) is 0 Å². The van der Waals surface area contributed by atoms with E-state index in [4.69, 9.17) is 0 Å². The molecule has 1 amide bonds. The van der Waals surface area contributed by atoms with E-state index in [1.165, 1.54) is 25.8 Å². The van der Waals surface area contributed by atoms with Gasteiger partial charge in [0.2, 0.25) is 5.91 Å². The van der Waals surface area contributed by atoms with Crippen molar-refractivity contribution in [1.82, 2.24) is 15.1 Å². The third-order valence-electron chi connectivity index (χ3n) is 4.50. The Hall–Kier alpha value is -0.650. The van der Waals surface area contributed by atoms with Crippen LogP contribution in [0.25, 0.3) is 0 Å². The number of β-amino-alcohol motifs (C(OH)–C–C–N with tert-alkyl or cyclic N) is 1. The van der Waals surface area contributed by atoms with E-state index in [9.17, 15) is 9.90 Å². The molecule has 0 radical (unpaired) electrons. The molecule has 2 fully saturated rings. The van der Waals surface area contributed by atoms with Crippen LogP contribution in [0.4, 0.5) is 0 Å². The number of piperidine rings is 1. The molecule has 0 aromatic carbocycles. The first-order valence-electron chi connectivity index (χ1n) is 7.44. The molecule has 19 heavy (non-hydrogen) atoms. The van der Waals surface area contributed by atoms with E-state index < -0.39 is 0 Å². The number of nitrogens with zero attached hydrogens (tertiary/aromatic N) is 2. The van der Waals surface area contributed by atoms with Crippen LogP contribution >= 0.6 is 0 Å². The first kappa shape index (κ1) is 14.8. The van der Waals surface area contributed by atoms with Gasteiger partial charge in [0.1, 0.15) is 0 Å². The van der Waals surface area contributed by atoms with Gasteiger partial charge in [0.15, 0.2) is 0 Å². The molecular formula is C14H27N3O2. The lowest BCUT2D eigenvalue weighted by molar-refractivity contribution is -0.132. The molecule has 0 aliphatic carbocycles. The molecule has 0 saturated carbocycles. The SMILES string of the molecule is CN(CCC1CCCCN1C)C(=O)C1CC(O)CN1. The summed E-state index contributed by atoms with van der Waals surface area (Å²) in [7, 11) is 4.05. The van der Waals surface area contributed by atoms with Crippen LogP contribution in [0.3, 0.4) is 0 Å². The van der Waals surface area contributed by atoms with Crippen LogP contribution in [0, 0.1) is 0 Å². The number of carbonyl (C=O) groups is 1. The average molecular weight is 269 g/mol. The van der Waals surface area contributed by atoms with E-state index in [1.54, 1.807) is 0 Å². The van der Waals surface area contributed by atoms with Crippen molar-refractivity contribution in [3.63, 3.8) is 0 Å². The standard InChI is InChI=1S/C14H27N3O2/c1-16-7-4-3-5-11(16)6-8-17(2)14(19)13-9-12(18)10-15-13/h11-13,15,18H,3-10H2,1-2H3. The molecule has 0 bridgehead atoms. The molecule has 5 heteroatoms. The second-order valence-electron chi connectivity index (χ2n) is 6.03. The summed E-state index contributed by atoms with van der Waals surface area (Å²) in [6, 6.07) is 0.426. The first-order chi connectivity index (χ1) is 9.08. The van der Waals surface area contributed by atoms with Crippen molar-refractivity contribution < 1.29 is 9.90 Å². The van der Waals surface area contributed by atoms with Crippen LogP contribution in [0.2, 0.25) is 0 Å². The van der Waals surface area contributed by atoms with Crippen LogP contribution in [-0.4, -0.2) is 72.7 Å². The molecule has 0 aromatic heterocycles. The highest BCUT2D eigenvalue weighted by atomic mass is 16.3. The summed E-state index contributed by atoms with van der Waals surface area (Å²) >= 11 is 0. The summed E-state index contributed by atoms with van der Waals surface area (Å²) < 4.78 is 0. The number of aliphatic hydroxyl groups is 1. The van der Waals surface area contributed by atoms with Crippen molar-refractivity contribution >= 4 is 5.91 Å². The Morgan fingerprint density at radius 2 is 2.26 bits per heavy atom. The minimum atomic E-state index is -0.369. The average Bonchev–Trinajstić information content (AvgIpc) is 2.83. The number of nitrogens with one attached hydrogen (secondary N) is 1. The summed E-state index contributed by atoms with van der Waals surface area (Å²) in [4.78, 5) is 16.4. The number of likely N-dealkylation sites (tertiary alicyclic amines) is 1. The highest BCUT2D eigenvalue weighted by Gasteiger charge is 2.30. The fraction of sp³-hybridized carbons (Fsp3) is 0.929. The van der Waals surface area contributed by atoms with Crippen molar-refractivity contribution in [3.8, 4) is 0 Å². The number of hydrogen-bond donors (Lipinski definition) is 2. The van der Waals surface area contributed by atoms with E-state index in [0.717, 1.165) is 13.0 Å². The van der Waals surface area contributed by atoms with Gasteiger partial charge in [-0.25, -0.2) is 0 Å². The van der Waals surface area contributed by atoms with E-state index in [0.29, 0.717) is 19.0 Å². The topological polar surface area (TPSA) is 55.8 Å². The molecule has 0 spiro atoms. The maximum Gasteiger partial charge on any atom is 0.239 e. The van der Waals surface area contributed by atoms with Crippen LogP contribution in [-0.2, 0) is 4.79 Å². The lowest BCUT2D eigenvalue weighted by atomic mass is 10.00. The predicted molar refractivity (Wildman–Crippen MR) is 74.9 cm³/mol. The van der Waals surface area contributed by atoms with E-state index >= 15 is 0 Å². The normalized spacial score (nSPS) is 32.5. The van der Waals surface area contributed by atoms with Gasteiger partial charge in [0, 0.05) is 26.2 Å². The molecular weight excluding hydrogens is 242 g/mol. The lowest BCUT2D eigenvalue weighted by Gasteiger charge is -2.33. The minimum Gasteiger partial charge on any atom is -0.392 e. The van der Waals surface area contributed by atoms with Gasteiger partial charge in [-0.15, -0.1) is 0 Å². The highest BCUT2D eigenvalue weighted by molar-refractivity contribution is 5.82. The third kappa shape index (κ3) is 3.91. The quantitative estimate of drug-likeness (QED) is 0.757. The number of aliphatic hydroxyl groups excluding tert-OH is 1. The molecule has 2 rings (SSSR count). The number of rotatable bonds is 4. The number of carbonyl (C=O) groups excluding carboxylic acids is 1. The molecule has 2 aliphatic heterocycles. The summed E-state index contributed by atoms with van der Waals surface area (Å²) in [6.45, 7) is 2.52. The van der Waals surface area contributed by atoms with Gasteiger partial charge < -0.3 is 20.2 Å². The monoisotopic (exact) mass is 269 g/mol. The minimum absolute atomic E-state index is 0.120. The maximum absolute atomic E-state index is 12.2. The fourth-order valence-electron chi connectivity index (χ4n) is 3.13. The number of likely N-dealkylation sites (N-methyl/N-ethyl adjacent to an activating group) is 1. The Kier molecular flexibility index (Phi) is 5.19. The van der Waals surface area contributed by atoms with Gasteiger partial charge >= 0.3 is 0 Å². The van der Waals surface area contributed by atoms with E-state index in [-0.39, 0.29) is 18.1 Å². The van der Waals surface area contributed by atoms with Gasteiger partial charge in [-0.3, -0.25) is 4.79 Å². The van der Waals surface area contributed by atoms with Crippen LogP contribution in [0.1, 0.15) is 32.1 Å². The first-order valence-corrected chi connectivity index (χ1v) is 7.44. The molecule has 2 N–H and O–H groups in total. The Morgan fingerprint density at radius 1 is 1.47 bits per heavy atom. The van der Waals surface area contributed by atoms with Crippen LogP contribution in [0.5, 0.6) is 0 Å². The molecule has 2 saturated heterocycles. The Balaban J connectivity index is 1.74. The van der Waals surface area contributed by atoms with Gasteiger partial charge in [0.05, 0.1) is 12.1 Å². The van der Waals surface area contributed by atoms with E-state index in [1.807, 2.05) is 11.9 Å². The zero-order chi connectivity index (χ0) is 13.8. The van der Waals surface area contributed by atoms with Gasteiger partial charge in [0.25, 0.3) is 0 Å². The third-order valence-corrected chi connectivity index (χ3v) is 4.50. The predicted octanol–water partition coefficient (Wildman–Crippen LogP) is 0.0420. The zero-order valence-corrected chi connectivity index (χ0v) is 12.1. The summed E-state index contributed by atoms with van der Waals surface area (Å²) in [5.74, 6) is 0.120. The summed E-state index contributed by atoms with van der Waals surface area (Å²) in [6.07, 6.45) is 5.08. The van der Waals surface area contributed by atoms with Gasteiger partial charge in [-0.2, -0.15) is 0 Å². The van der Waals surface area contributed by atoms with E-state index in [2.05, 4.69) is 17.3 Å². The Bertz CT molecular complexity index is 311. The lowest BCUT2D eigenvalue weighted by Crippen LogP contribution is -2.44.